The first kappa shape index (κ1) is 26.8. The zero-order valence-corrected chi connectivity index (χ0v) is 22.4. The summed E-state index contributed by atoms with van der Waals surface area (Å²) in [6.45, 7) is 5.71. The fraction of sp³-hybridized carbons (Fsp3) is 0.586. The Labute approximate surface area is 219 Å². The number of amides is 2. The van der Waals surface area contributed by atoms with Gasteiger partial charge < -0.3 is 9.80 Å². The largest absolute Gasteiger partial charge is 0.339 e. The van der Waals surface area contributed by atoms with Crippen molar-refractivity contribution < 1.29 is 14.0 Å². The Bertz CT molecular complexity index is 1000. The van der Waals surface area contributed by atoms with E-state index in [1.54, 1.807) is 23.5 Å². The summed E-state index contributed by atoms with van der Waals surface area (Å²) in [4.78, 5) is 33.2. The number of hydrogen-bond acceptors (Lipinski definition) is 4. The molecule has 196 valence electrons. The molecule has 1 unspecified atom stereocenters. The number of halogens is 1. The van der Waals surface area contributed by atoms with Crippen molar-refractivity contribution in [1.82, 2.24) is 14.7 Å². The van der Waals surface area contributed by atoms with Crippen LogP contribution in [0.2, 0.25) is 0 Å². The van der Waals surface area contributed by atoms with Crippen LogP contribution in [0.4, 0.5) is 4.39 Å². The van der Waals surface area contributed by atoms with Crippen LogP contribution in [0.15, 0.2) is 35.7 Å². The second kappa shape index (κ2) is 13.3. The lowest BCUT2D eigenvalue weighted by molar-refractivity contribution is -0.140. The number of thiophene rings is 1. The molecule has 0 spiro atoms. The maximum Gasteiger partial charge on any atom is 0.236 e. The molecule has 4 rings (SSSR count). The molecule has 1 fully saturated rings. The van der Waals surface area contributed by atoms with Crippen LogP contribution >= 0.6 is 11.3 Å². The number of nitrogens with zero attached hydrogens (tertiary/aromatic N) is 3. The van der Waals surface area contributed by atoms with Gasteiger partial charge in [-0.3, -0.25) is 14.5 Å². The molecule has 0 aliphatic carbocycles. The summed E-state index contributed by atoms with van der Waals surface area (Å²) in [5.74, 6) is 0.0653. The van der Waals surface area contributed by atoms with Crippen LogP contribution in [-0.4, -0.2) is 65.8 Å². The van der Waals surface area contributed by atoms with Gasteiger partial charge >= 0.3 is 0 Å². The van der Waals surface area contributed by atoms with Gasteiger partial charge in [-0.2, -0.15) is 0 Å². The molecule has 1 aromatic carbocycles. The molecule has 2 aliphatic heterocycles. The Hall–Kier alpha value is -2.25. The third-order valence-corrected chi connectivity index (χ3v) is 8.54. The molecule has 2 aromatic rings. The molecule has 5 nitrogen and oxygen atoms in total. The van der Waals surface area contributed by atoms with Crippen molar-refractivity contribution in [3.63, 3.8) is 0 Å². The van der Waals surface area contributed by atoms with Crippen molar-refractivity contribution in [1.29, 1.82) is 0 Å². The van der Waals surface area contributed by atoms with Crippen molar-refractivity contribution in [3.8, 4) is 0 Å². The highest BCUT2D eigenvalue weighted by Crippen LogP contribution is 2.37. The minimum atomic E-state index is -0.251. The van der Waals surface area contributed by atoms with E-state index in [-0.39, 0.29) is 23.7 Å². The van der Waals surface area contributed by atoms with Crippen molar-refractivity contribution >= 4 is 23.2 Å². The Kier molecular flexibility index (Phi) is 9.93. The second-order valence-electron chi connectivity index (χ2n) is 10.1. The number of rotatable bonds is 11. The van der Waals surface area contributed by atoms with E-state index in [2.05, 4.69) is 23.3 Å². The molecule has 3 heterocycles. The highest BCUT2D eigenvalue weighted by Gasteiger charge is 2.33. The first-order valence-corrected chi connectivity index (χ1v) is 14.6. The highest BCUT2D eigenvalue weighted by molar-refractivity contribution is 7.10. The Morgan fingerprint density at radius 2 is 1.61 bits per heavy atom. The second-order valence-corrected chi connectivity index (χ2v) is 11.1. The lowest BCUT2D eigenvalue weighted by atomic mass is 9.93. The van der Waals surface area contributed by atoms with Gasteiger partial charge in [0, 0.05) is 44.0 Å². The first-order valence-electron chi connectivity index (χ1n) is 13.7. The SMILES string of the molecule is CCCCCCCCCC(=O)N1CCN(C(=O)CN2CCc3sccc3C2c2cccc(F)c2)CC1. The van der Waals surface area contributed by atoms with Gasteiger partial charge in [0.2, 0.25) is 11.8 Å². The number of benzene rings is 1. The lowest BCUT2D eigenvalue weighted by Gasteiger charge is -2.39. The van der Waals surface area contributed by atoms with E-state index in [1.165, 1.54) is 48.6 Å². The molecule has 0 bridgehead atoms. The molecule has 2 aliphatic rings. The van der Waals surface area contributed by atoms with Gasteiger partial charge in [-0.05, 0) is 47.5 Å². The average Bonchev–Trinajstić information content (AvgIpc) is 3.37. The van der Waals surface area contributed by atoms with Crippen LogP contribution in [0.3, 0.4) is 0 Å². The minimum absolute atomic E-state index is 0.0919. The lowest BCUT2D eigenvalue weighted by Crippen LogP contribution is -2.53. The molecule has 0 saturated carbocycles. The van der Waals surface area contributed by atoms with Gasteiger partial charge in [-0.1, -0.05) is 57.6 Å². The van der Waals surface area contributed by atoms with Gasteiger partial charge in [0.05, 0.1) is 12.6 Å². The summed E-state index contributed by atoms with van der Waals surface area (Å²) in [5.41, 5.74) is 2.08. The molecule has 1 saturated heterocycles. The summed E-state index contributed by atoms with van der Waals surface area (Å²) < 4.78 is 14.0. The summed E-state index contributed by atoms with van der Waals surface area (Å²) in [6, 6.07) is 8.75. The van der Waals surface area contributed by atoms with Gasteiger partial charge in [0.1, 0.15) is 5.82 Å². The van der Waals surface area contributed by atoms with Crippen molar-refractivity contribution in [2.45, 2.75) is 70.8 Å². The first-order chi connectivity index (χ1) is 17.6. The van der Waals surface area contributed by atoms with Gasteiger partial charge in [-0.25, -0.2) is 4.39 Å². The van der Waals surface area contributed by atoms with Gasteiger partial charge in [0.25, 0.3) is 0 Å². The van der Waals surface area contributed by atoms with Crippen LogP contribution in [-0.2, 0) is 16.0 Å². The zero-order valence-electron chi connectivity index (χ0n) is 21.6. The quantitative estimate of drug-likeness (QED) is 0.365. The van der Waals surface area contributed by atoms with E-state index >= 15 is 0 Å². The molecule has 0 radical (unpaired) electrons. The van der Waals surface area contributed by atoms with Crippen molar-refractivity contribution in [2.24, 2.45) is 0 Å². The minimum Gasteiger partial charge on any atom is -0.339 e. The molecular formula is C29H40FN3O2S. The monoisotopic (exact) mass is 513 g/mol. The third kappa shape index (κ3) is 6.94. The Balaban J connectivity index is 1.26. The van der Waals surface area contributed by atoms with Crippen LogP contribution in [0, 0.1) is 5.82 Å². The van der Waals surface area contributed by atoms with Crippen LogP contribution < -0.4 is 0 Å². The zero-order chi connectivity index (χ0) is 25.3. The number of unbranched alkanes of at least 4 members (excludes halogenated alkanes) is 6. The van der Waals surface area contributed by atoms with Crippen molar-refractivity contribution in [2.75, 3.05) is 39.3 Å². The molecular weight excluding hydrogens is 473 g/mol. The predicted octanol–water partition coefficient (Wildman–Crippen LogP) is 5.65. The third-order valence-electron chi connectivity index (χ3n) is 7.55. The number of piperazine rings is 1. The van der Waals surface area contributed by atoms with Crippen LogP contribution in [0.1, 0.15) is 80.3 Å². The molecule has 36 heavy (non-hydrogen) atoms. The van der Waals surface area contributed by atoms with Gasteiger partial charge in [-0.15, -0.1) is 11.3 Å². The summed E-state index contributed by atoms with van der Waals surface area (Å²) in [6.07, 6.45) is 9.97. The fourth-order valence-electron chi connectivity index (χ4n) is 5.48. The molecule has 1 aromatic heterocycles. The summed E-state index contributed by atoms with van der Waals surface area (Å²) >= 11 is 1.74. The Morgan fingerprint density at radius 1 is 0.917 bits per heavy atom. The maximum absolute atomic E-state index is 14.0. The van der Waals surface area contributed by atoms with Crippen LogP contribution in [0.5, 0.6) is 0 Å². The normalized spacial score (nSPS) is 18.3. The van der Waals surface area contributed by atoms with E-state index < -0.39 is 0 Å². The number of carbonyl (C=O) groups is 2. The Morgan fingerprint density at radius 3 is 2.33 bits per heavy atom. The average molecular weight is 514 g/mol. The molecule has 7 heteroatoms. The summed E-state index contributed by atoms with van der Waals surface area (Å²) in [7, 11) is 0. The summed E-state index contributed by atoms with van der Waals surface area (Å²) in [5, 5.41) is 2.09. The fourth-order valence-corrected chi connectivity index (χ4v) is 6.38. The van der Waals surface area contributed by atoms with Crippen molar-refractivity contribution in [3.05, 3.63) is 57.5 Å². The standard InChI is InChI=1S/C29H40FN3O2S/c1-2-3-4-5-6-7-8-12-27(34)31-16-18-32(19-17-31)28(35)22-33-15-13-26-25(14-20-36-26)29(33)23-10-9-11-24(30)21-23/h9-11,14,20-21,29H,2-8,12-13,15-19,22H2,1H3. The highest BCUT2D eigenvalue weighted by atomic mass is 32.1. The van der Waals surface area contributed by atoms with Gasteiger partial charge in [0.15, 0.2) is 0 Å². The molecule has 0 N–H and O–H groups in total. The van der Waals surface area contributed by atoms with E-state index in [4.69, 9.17) is 0 Å². The molecule has 1 atom stereocenters. The maximum atomic E-state index is 14.0. The predicted molar refractivity (Wildman–Crippen MR) is 144 cm³/mol. The van der Waals surface area contributed by atoms with E-state index in [0.29, 0.717) is 39.1 Å². The van der Waals surface area contributed by atoms with E-state index in [1.807, 2.05) is 15.9 Å². The topological polar surface area (TPSA) is 43.9 Å². The number of hydrogen-bond donors (Lipinski definition) is 0. The number of carbonyl (C=O) groups excluding carboxylic acids is 2. The van der Waals surface area contributed by atoms with E-state index in [9.17, 15) is 14.0 Å². The smallest absolute Gasteiger partial charge is 0.236 e. The van der Waals surface area contributed by atoms with Crippen LogP contribution in [0.25, 0.3) is 0 Å². The number of fused-ring (bicyclic) bond motifs is 1. The van der Waals surface area contributed by atoms with E-state index in [0.717, 1.165) is 31.4 Å². The molecule has 2 amide bonds.